The standard InChI is InChI=1S/C8H17N3O3S/c1-7(8(9)12)10-3-5-11(6-4-10)15(2,13)14/h7H,3-6H2,1-2H3,(H2,9,12). The summed E-state index contributed by atoms with van der Waals surface area (Å²) in [4.78, 5) is 12.8. The summed E-state index contributed by atoms with van der Waals surface area (Å²) < 4.78 is 23.8. The highest BCUT2D eigenvalue weighted by Gasteiger charge is 2.27. The van der Waals surface area contributed by atoms with Gasteiger partial charge in [-0.3, -0.25) is 9.69 Å². The summed E-state index contributed by atoms with van der Waals surface area (Å²) in [6.45, 7) is 3.69. The molecule has 88 valence electrons. The number of carbonyl (C=O) groups is 1. The van der Waals surface area contributed by atoms with Crippen molar-refractivity contribution < 1.29 is 13.2 Å². The SMILES string of the molecule is CC(C(N)=O)N1CCN(S(C)(=O)=O)CC1. The van der Waals surface area contributed by atoms with Crippen molar-refractivity contribution in [2.24, 2.45) is 5.73 Å². The number of piperazine rings is 1. The van der Waals surface area contributed by atoms with Crippen LogP contribution in [0.3, 0.4) is 0 Å². The fourth-order valence-corrected chi connectivity index (χ4v) is 2.43. The van der Waals surface area contributed by atoms with Gasteiger partial charge in [-0.25, -0.2) is 8.42 Å². The van der Waals surface area contributed by atoms with E-state index in [1.165, 1.54) is 10.6 Å². The molecule has 15 heavy (non-hydrogen) atoms. The lowest BCUT2D eigenvalue weighted by Crippen LogP contribution is -2.54. The summed E-state index contributed by atoms with van der Waals surface area (Å²) in [5.74, 6) is -0.372. The van der Waals surface area contributed by atoms with Crippen LogP contribution in [-0.4, -0.2) is 62.0 Å². The van der Waals surface area contributed by atoms with Crippen LogP contribution in [0.25, 0.3) is 0 Å². The molecule has 1 unspecified atom stereocenters. The Morgan fingerprint density at radius 1 is 1.27 bits per heavy atom. The summed E-state index contributed by atoms with van der Waals surface area (Å²) in [7, 11) is -3.10. The second-order valence-electron chi connectivity index (χ2n) is 3.78. The molecule has 1 amide bonds. The molecule has 0 radical (unpaired) electrons. The Morgan fingerprint density at radius 3 is 2.07 bits per heavy atom. The molecule has 0 aromatic carbocycles. The molecular formula is C8H17N3O3S. The van der Waals surface area contributed by atoms with Crippen molar-refractivity contribution in [2.75, 3.05) is 32.4 Å². The van der Waals surface area contributed by atoms with Gasteiger partial charge in [0.1, 0.15) is 0 Å². The highest BCUT2D eigenvalue weighted by molar-refractivity contribution is 7.88. The Morgan fingerprint density at radius 2 is 1.73 bits per heavy atom. The normalized spacial score (nSPS) is 22.5. The van der Waals surface area contributed by atoms with Crippen molar-refractivity contribution in [3.8, 4) is 0 Å². The van der Waals surface area contributed by atoms with Crippen LogP contribution in [0.1, 0.15) is 6.92 Å². The number of carbonyl (C=O) groups excluding carboxylic acids is 1. The van der Waals surface area contributed by atoms with E-state index in [1.807, 2.05) is 4.90 Å². The van der Waals surface area contributed by atoms with Crippen LogP contribution in [-0.2, 0) is 14.8 Å². The lowest BCUT2D eigenvalue weighted by Gasteiger charge is -2.35. The number of primary amides is 1. The number of hydrogen-bond acceptors (Lipinski definition) is 4. The third-order valence-electron chi connectivity index (χ3n) is 2.70. The minimum Gasteiger partial charge on any atom is -0.368 e. The summed E-state index contributed by atoms with van der Waals surface area (Å²) in [6, 6.07) is -0.327. The average Bonchev–Trinajstić information content (AvgIpc) is 2.15. The maximum Gasteiger partial charge on any atom is 0.234 e. The van der Waals surface area contributed by atoms with Crippen molar-refractivity contribution in [2.45, 2.75) is 13.0 Å². The Balaban J connectivity index is 2.53. The number of amides is 1. The van der Waals surface area contributed by atoms with Gasteiger partial charge in [-0.1, -0.05) is 0 Å². The zero-order valence-corrected chi connectivity index (χ0v) is 9.83. The second-order valence-corrected chi connectivity index (χ2v) is 5.76. The molecule has 2 N–H and O–H groups in total. The van der Waals surface area contributed by atoms with Gasteiger partial charge in [0, 0.05) is 26.2 Å². The highest BCUT2D eigenvalue weighted by atomic mass is 32.2. The van der Waals surface area contributed by atoms with E-state index in [4.69, 9.17) is 5.73 Å². The second kappa shape index (κ2) is 4.46. The lowest BCUT2D eigenvalue weighted by molar-refractivity contribution is -0.123. The molecule has 1 aliphatic rings. The zero-order valence-electron chi connectivity index (χ0n) is 9.01. The van der Waals surface area contributed by atoms with Gasteiger partial charge in [0.25, 0.3) is 0 Å². The lowest BCUT2D eigenvalue weighted by atomic mass is 10.2. The third kappa shape index (κ3) is 3.15. The first-order valence-corrected chi connectivity index (χ1v) is 6.65. The summed E-state index contributed by atoms with van der Waals surface area (Å²) in [6.07, 6.45) is 1.19. The van der Waals surface area contributed by atoms with Crippen LogP contribution in [0.15, 0.2) is 0 Å². The van der Waals surface area contributed by atoms with Crippen molar-refractivity contribution in [3.05, 3.63) is 0 Å². The van der Waals surface area contributed by atoms with E-state index in [2.05, 4.69) is 0 Å². The van der Waals surface area contributed by atoms with Gasteiger partial charge in [-0.15, -0.1) is 0 Å². The molecule has 1 atom stereocenters. The predicted molar refractivity (Wildman–Crippen MR) is 56.6 cm³/mol. The minimum atomic E-state index is -3.10. The summed E-state index contributed by atoms with van der Waals surface area (Å²) in [5.41, 5.74) is 5.17. The molecule has 1 rings (SSSR count). The fourth-order valence-electron chi connectivity index (χ4n) is 1.60. The molecule has 0 aromatic rings. The smallest absolute Gasteiger partial charge is 0.234 e. The number of nitrogens with zero attached hydrogens (tertiary/aromatic N) is 2. The number of rotatable bonds is 3. The molecule has 1 fully saturated rings. The molecule has 0 aromatic heterocycles. The molecular weight excluding hydrogens is 218 g/mol. The fraction of sp³-hybridized carbons (Fsp3) is 0.875. The van der Waals surface area contributed by atoms with Crippen molar-refractivity contribution >= 4 is 15.9 Å². The summed E-state index contributed by atoms with van der Waals surface area (Å²) >= 11 is 0. The van der Waals surface area contributed by atoms with Crippen LogP contribution >= 0.6 is 0 Å². The first-order chi connectivity index (χ1) is 6.82. The Labute approximate surface area is 90.1 Å². The number of sulfonamides is 1. The van der Waals surface area contributed by atoms with E-state index in [0.717, 1.165) is 0 Å². The molecule has 0 spiro atoms. The van der Waals surface area contributed by atoms with E-state index < -0.39 is 10.0 Å². The van der Waals surface area contributed by atoms with Crippen LogP contribution in [0.2, 0.25) is 0 Å². The zero-order chi connectivity index (χ0) is 11.6. The maximum atomic E-state index is 11.2. The van der Waals surface area contributed by atoms with Gasteiger partial charge < -0.3 is 5.73 Å². The topological polar surface area (TPSA) is 83.7 Å². The third-order valence-corrected chi connectivity index (χ3v) is 4.00. The maximum absolute atomic E-state index is 11.2. The molecule has 1 aliphatic heterocycles. The predicted octanol–water partition coefficient (Wildman–Crippen LogP) is -1.56. The van der Waals surface area contributed by atoms with E-state index >= 15 is 0 Å². The monoisotopic (exact) mass is 235 g/mol. The first kappa shape index (κ1) is 12.4. The van der Waals surface area contributed by atoms with Crippen molar-refractivity contribution in [1.82, 2.24) is 9.21 Å². The average molecular weight is 235 g/mol. The Bertz CT molecular complexity index is 333. The van der Waals surface area contributed by atoms with Gasteiger partial charge in [-0.05, 0) is 6.92 Å². The number of hydrogen-bond donors (Lipinski definition) is 1. The van der Waals surface area contributed by atoms with Crippen LogP contribution in [0.4, 0.5) is 0 Å². The molecule has 1 saturated heterocycles. The van der Waals surface area contributed by atoms with Crippen LogP contribution in [0, 0.1) is 0 Å². The van der Waals surface area contributed by atoms with Crippen LogP contribution < -0.4 is 5.73 Å². The Hall–Kier alpha value is -0.660. The molecule has 0 bridgehead atoms. The van der Waals surface area contributed by atoms with E-state index in [-0.39, 0.29) is 11.9 Å². The molecule has 1 heterocycles. The molecule has 0 saturated carbocycles. The molecule has 0 aliphatic carbocycles. The van der Waals surface area contributed by atoms with Gasteiger partial charge in [-0.2, -0.15) is 4.31 Å². The van der Waals surface area contributed by atoms with Gasteiger partial charge >= 0.3 is 0 Å². The first-order valence-electron chi connectivity index (χ1n) is 4.81. The van der Waals surface area contributed by atoms with Gasteiger partial charge in [0.2, 0.25) is 15.9 Å². The number of nitrogens with two attached hydrogens (primary N) is 1. The Kier molecular flexibility index (Phi) is 3.69. The van der Waals surface area contributed by atoms with Crippen molar-refractivity contribution in [1.29, 1.82) is 0 Å². The molecule has 7 heteroatoms. The van der Waals surface area contributed by atoms with Gasteiger partial charge in [0.05, 0.1) is 12.3 Å². The minimum absolute atomic E-state index is 0.327. The largest absolute Gasteiger partial charge is 0.368 e. The van der Waals surface area contributed by atoms with E-state index in [0.29, 0.717) is 26.2 Å². The van der Waals surface area contributed by atoms with E-state index in [1.54, 1.807) is 6.92 Å². The quantitative estimate of drug-likeness (QED) is 0.641. The van der Waals surface area contributed by atoms with E-state index in [9.17, 15) is 13.2 Å². The summed E-state index contributed by atoms with van der Waals surface area (Å²) in [5, 5.41) is 0. The van der Waals surface area contributed by atoms with Gasteiger partial charge in [0.15, 0.2) is 0 Å². The highest BCUT2D eigenvalue weighted by Crippen LogP contribution is 2.08. The van der Waals surface area contributed by atoms with Crippen LogP contribution in [0.5, 0.6) is 0 Å². The molecule has 6 nitrogen and oxygen atoms in total. The van der Waals surface area contributed by atoms with Crippen molar-refractivity contribution in [3.63, 3.8) is 0 Å².